The van der Waals surface area contributed by atoms with Crippen molar-refractivity contribution in [1.29, 1.82) is 0 Å². The number of carboxylic acids is 1. The van der Waals surface area contributed by atoms with Crippen LogP contribution in [0.4, 0.5) is 11.5 Å². The maximum atomic E-state index is 12.0. The molecule has 6 nitrogen and oxygen atoms in total. The highest BCUT2D eigenvalue weighted by molar-refractivity contribution is 7.92. The third kappa shape index (κ3) is 2.94. The highest BCUT2D eigenvalue weighted by Crippen LogP contribution is 2.26. The quantitative estimate of drug-likeness (QED) is 0.929. The van der Waals surface area contributed by atoms with Gasteiger partial charge in [0.15, 0.2) is 0 Å². The van der Waals surface area contributed by atoms with Crippen LogP contribution in [-0.4, -0.2) is 30.7 Å². The lowest BCUT2D eigenvalue weighted by Gasteiger charge is -2.21. The van der Waals surface area contributed by atoms with Gasteiger partial charge in [-0.05, 0) is 24.3 Å². The van der Waals surface area contributed by atoms with E-state index in [-0.39, 0.29) is 11.4 Å². The zero-order valence-corrected chi connectivity index (χ0v) is 11.4. The minimum absolute atomic E-state index is 0.0282. The summed E-state index contributed by atoms with van der Waals surface area (Å²) in [5.74, 6) is -1.10. The van der Waals surface area contributed by atoms with E-state index in [1.54, 1.807) is 30.3 Å². The summed E-state index contributed by atoms with van der Waals surface area (Å²) in [5, 5.41) is 8.97. The maximum Gasteiger partial charge on any atom is 0.335 e. The van der Waals surface area contributed by atoms with Gasteiger partial charge in [0.1, 0.15) is 5.82 Å². The van der Waals surface area contributed by atoms with Gasteiger partial charge >= 0.3 is 5.97 Å². The van der Waals surface area contributed by atoms with E-state index in [0.717, 1.165) is 10.6 Å². The zero-order valence-electron chi connectivity index (χ0n) is 10.6. The summed E-state index contributed by atoms with van der Waals surface area (Å²) >= 11 is 0. The number of hydrogen-bond donors (Lipinski definition) is 1. The number of carboxylic acid groups (broad SMARTS) is 1. The van der Waals surface area contributed by atoms with Crippen molar-refractivity contribution in [1.82, 2.24) is 4.98 Å². The fourth-order valence-corrected chi connectivity index (χ4v) is 2.66. The molecule has 1 aromatic carbocycles. The first kappa shape index (κ1) is 14.0. The number of rotatable bonds is 4. The zero-order chi connectivity index (χ0) is 14.8. The summed E-state index contributed by atoms with van der Waals surface area (Å²) < 4.78 is 24.9. The molecule has 0 atom stereocenters. The van der Waals surface area contributed by atoms with E-state index in [4.69, 9.17) is 5.11 Å². The minimum Gasteiger partial charge on any atom is -0.478 e. The summed E-state index contributed by atoms with van der Waals surface area (Å²) in [6, 6.07) is 10.9. The number of nitrogens with zero attached hydrogens (tertiary/aromatic N) is 2. The maximum absolute atomic E-state index is 12.0. The first-order valence-electron chi connectivity index (χ1n) is 5.64. The summed E-state index contributed by atoms with van der Waals surface area (Å²) in [4.78, 5) is 14.9. The molecule has 0 bridgehead atoms. The van der Waals surface area contributed by atoms with Crippen molar-refractivity contribution in [3.8, 4) is 0 Å². The molecule has 104 valence electrons. The molecule has 20 heavy (non-hydrogen) atoms. The average Bonchev–Trinajstić information content (AvgIpc) is 2.39. The van der Waals surface area contributed by atoms with Crippen LogP contribution in [-0.2, 0) is 10.0 Å². The van der Waals surface area contributed by atoms with Crippen LogP contribution in [0.5, 0.6) is 0 Å². The van der Waals surface area contributed by atoms with Crippen LogP contribution in [0.1, 0.15) is 10.4 Å². The van der Waals surface area contributed by atoms with Crippen molar-refractivity contribution in [2.45, 2.75) is 0 Å². The van der Waals surface area contributed by atoms with Crippen molar-refractivity contribution in [3.63, 3.8) is 0 Å². The van der Waals surface area contributed by atoms with E-state index in [2.05, 4.69) is 4.98 Å². The Labute approximate surface area is 116 Å². The molecule has 0 saturated heterocycles. The summed E-state index contributed by atoms with van der Waals surface area (Å²) in [6.45, 7) is 0. The third-order valence-corrected chi connectivity index (χ3v) is 3.58. The standard InChI is InChI=1S/C13H12N2O4S/c1-20(18,19)15(11-5-3-2-4-6-11)12-9-10(13(16)17)7-8-14-12/h2-9H,1H3,(H,16,17). The fraction of sp³-hybridized carbons (Fsp3) is 0.0769. The van der Waals surface area contributed by atoms with Crippen molar-refractivity contribution >= 4 is 27.5 Å². The SMILES string of the molecule is CS(=O)(=O)N(c1ccccc1)c1cc(C(=O)O)ccn1. The van der Waals surface area contributed by atoms with Gasteiger partial charge in [0.2, 0.25) is 10.0 Å². The Hall–Kier alpha value is -2.41. The van der Waals surface area contributed by atoms with Gasteiger partial charge in [-0.25, -0.2) is 22.5 Å². The smallest absolute Gasteiger partial charge is 0.335 e. The fourth-order valence-electron chi connectivity index (χ4n) is 1.72. The number of aromatic nitrogens is 1. The van der Waals surface area contributed by atoms with Crippen LogP contribution < -0.4 is 4.31 Å². The van der Waals surface area contributed by atoms with Gasteiger partial charge in [0.05, 0.1) is 17.5 Å². The molecule has 0 unspecified atom stereocenters. The summed E-state index contributed by atoms with van der Waals surface area (Å²) in [7, 11) is -3.64. The van der Waals surface area contributed by atoms with Crippen molar-refractivity contribution < 1.29 is 18.3 Å². The Morgan fingerprint density at radius 3 is 2.40 bits per heavy atom. The third-order valence-electron chi connectivity index (χ3n) is 2.52. The molecule has 0 saturated carbocycles. The largest absolute Gasteiger partial charge is 0.478 e. The molecule has 2 aromatic rings. The topological polar surface area (TPSA) is 87.6 Å². The summed E-state index contributed by atoms with van der Waals surface area (Å²) in [5.41, 5.74) is 0.365. The van der Waals surface area contributed by atoms with Crippen LogP contribution in [0.15, 0.2) is 48.7 Å². The highest BCUT2D eigenvalue weighted by Gasteiger charge is 2.21. The predicted octanol–water partition coefficient (Wildman–Crippen LogP) is 1.88. The van der Waals surface area contributed by atoms with Crippen LogP contribution >= 0.6 is 0 Å². The second kappa shape index (κ2) is 5.30. The van der Waals surface area contributed by atoms with E-state index in [1.165, 1.54) is 18.3 Å². The lowest BCUT2D eigenvalue weighted by molar-refractivity contribution is 0.0696. The van der Waals surface area contributed by atoms with E-state index in [9.17, 15) is 13.2 Å². The molecular formula is C13H12N2O4S. The number of benzene rings is 1. The molecule has 1 N–H and O–H groups in total. The molecule has 7 heteroatoms. The molecule has 2 rings (SSSR count). The Kier molecular flexibility index (Phi) is 3.71. The molecule has 0 aliphatic carbocycles. The van der Waals surface area contributed by atoms with Gasteiger partial charge < -0.3 is 5.11 Å². The second-order valence-corrected chi connectivity index (χ2v) is 5.90. The molecule has 0 aliphatic heterocycles. The monoisotopic (exact) mass is 292 g/mol. The Morgan fingerprint density at radius 1 is 1.20 bits per heavy atom. The van der Waals surface area contributed by atoms with Crippen LogP contribution in [0.25, 0.3) is 0 Å². The van der Waals surface area contributed by atoms with Crippen LogP contribution in [0.3, 0.4) is 0 Å². The molecule has 1 aromatic heterocycles. The first-order chi connectivity index (χ1) is 9.39. The van der Waals surface area contributed by atoms with Gasteiger partial charge in [-0.1, -0.05) is 18.2 Å². The molecule has 0 radical (unpaired) electrons. The number of pyridine rings is 1. The number of para-hydroxylation sites is 1. The van der Waals surface area contributed by atoms with Crippen molar-refractivity contribution in [3.05, 3.63) is 54.2 Å². The van der Waals surface area contributed by atoms with Gasteiger partial charge in [-0.2, -0.15) is 0 Å². The number of hydrogen-bond acceptors (Lipinski definition) is 4. The molecular weight excluding hydrogens is 280 g/mol. The van der Waals surface area contributed by atoms with Gasteiger partial charge in [0.25, 0.3) is 0 Å². The molecule has 0 aliphatic rings. The molecule has 0 amide bonds. The predicted molar refractivity (Wildman–Crippen MR) is 74.6 cm³/mol. The van der Waals surface area contributed by atoms with Crippen molar-refractivity contribution in [2.24, 2.45) is 0 Å². The van der Waals surface area contributed by atoms with Crippen LogP contribution in [0.2, 0.25) is 0 Å². The molecule has 0 spiro atoms. The normalized spacial score (nSPS) is 11.1. The average molecular weight is 292 g/mol. The van der Waals surface area contributed by atoms with E-state index < -0.39 is 16.0 Å². The second-order valence-electron chi connectivity index (χ2n) is 4.07. The Bertz CT molecular complexity index is 729. The van der Waals surface area contributed by atoms with E-state index in [0.29, 0.717) is 5.69 Å². The Balaban J connectivity index is 2.59. The molecule has 0 fully saturated rings. The lowest BCUT2D eigenvalue weighted by atomic mass is 10.2. The Morgan fingerprint density at radius 2 is 1.85 bits per heavy atom. The number of anilines is 2. The summed E-state index contributed by atoms with van der Waals surface area (Å²) in [6.07, 6.45) is 2.30. The number of carbonyl (C=O) groups is 1. The van der Waals surface area contributed by atoms with Crippen LogP contribution in [0, 0.1) is 0 Å². The van der Waals surface area contributed by atoms with E-state index in [1.807, 2.05) is 0 Å². The van der Waals surface area contributed by atoms with Gasteiger partial charge in [-0.15, -0.1) is 0 Å². The highest BCUT2D eigenvalue weighted by atomic mass is 32.2. The lowest BCUT2D eigenvalue weighted by Crippen LogP contribution is -2.25. The van der Waals surface area contributed by atoms with E-state index >= 15 is 0 Å². The number of sulfonamides is 1. The minimum atomic E-state index is -3.64. The molecule has 1 heterocycles. The number of aromatic carboxylic acids is 1. The van der Waals surface area contributed by atoms with Gasteiger partial charge in [-0.3, -0.25) is 0 Å². The first-order valence-corrected chi connectivity index (χ1v) is 7.49. The van der Waals surface area contributed by atoms with Gasteiger partial charge in [0, 0.05) is 6.20 Å². The van der Waals surface area contributed by atoms with Crippen molar-refractivity contribution in [2.75, 3.05) is 10.6 Å².